The first kappa shape index (κ1) is 27.7. The van der Waals surface area contributed by atoms with E-state index in [1.807, 2.05) is 20.8 Å². The molecule has 0 saturated carbocycles. The second kappa shape index (κ2) is 11.9. The number of aliphatic hydroxyl groups is 1. The number of carboxylic acid groups (broad SMARTS) is 1. The van der Waals surface area contributed by atoms with Crippen molar-refractivity contribution in [2.75, 3.05) is 13.2 Å². The minimum atomic E-state index is -1.19. The van der Waals surface area contributed by atoms with Crippen LogP contribution in [0.25, 0.3) is 5.69 Å². The largest absolute Gasteiger partial charge is 0.494 e. The van der Waals surface area contributed by atoms with Crippen LogP contribution in [0.15, 0.2) is 54.6 Å². The van der Waals surface area contributed by atoms with Crippen molar-refractivity contribution in [3.63, 3.8) is 0 Å². The number of nitrogens with one attached hydrogen (secondary N) is 1. The lowest BCUT2D eigenvalue weighted by Gasteiger charge is -2.27. The zero-order valence-corrected chi connectivity index (χ0v) is 21.3. The first-order chi connectivity index (χ1) is 17.5. The molecule has 0 saturated heterocycles. The third kappa shape index (κ3) is 7.07. The lowest BCUT2D eigenvalue weighted by Crippen LogP contribution is -2.38. The van der Waals surface area contributed by atoms with E-state index in [9.17, 15) is 24.2 Å². The van der Waals surface area contributed by atoms with E-state index in [1.54, 1.807) is 37.3 Å². The van der Waals surface area contributed by atoms with Gasteiger partial charge < -0.3 is 25.0 Å². The van der Waals surface area contributed by atoms with E-state index >= 15 is 0 Å². The predicted molar refractivity (Wildman–Crippen MR) is 135 cm³/mol. The molecule has 0 aliphatic heterocycles. The van der Waals surface area contributed by atoms with Crippen LogP contribution < -0.4 is 14.8 Å². The maximum Gasteiger partial charge on any atom is 0.305 e. The molecule has 2 aromatic carbocycles. The molecule has 0 aliphatic rings. The maximum absolute atomic E-state index is 14.6. The highest BCUT2D eigenvalue weighted by molar-refractivity contribution is 5.93. The van der Waals surface area contributed by atoms with Crippen LogP contribution in [-0.2, 0) is 4.79 Å². The molecule has 0 aliphatic carbocycles. The van der Waals surface area contributed by atoms with Gasteiger partial charge in [0.25, 0.3) is 5.91 Å². The molecule has 10 heteroatoms. The number of aromatic nitrogens is 2. The van der Waals surface area contributed by atoms with Gasteiger partial charge in [-0.2, -0.15) is 9.78 Å². The fourth-order valence-corrected chi connectivity index (χ4v) is 3.38. The van der Waals surface area contributed by atoms with Gasteiger partial charge in [-0.3, -0.25) is 9.59 Å². The average molecular weight is 514 g/mol. The molecular weight excluding hydrogens is 481 g/mol. The lowest BCUT2D eigenvalue weighted by atomic mass is 9.94. The summed E-state index contributed by atoms with van der Waals surface area (Å²) in [6, 6.07) is 13.1. The van der Waals surface area contributed by atoms with E-state index < -0.39 is 29.3 Å². The van der Waals surface area contributed by atoms with Gasteiger partial charge >= 0.3 is 5.97 Å². The van der Waals surface area contributed by atoms with E-state index in [4.69, 9.17) is 9.47 Å². The average Bonchev–Trinajstić information content (AvgIpc) is 3.27. The highest BCUT2D eigenvalue weighted by atomic mass is 19.1. The second-order valence-electron chi connectivity index (χ2n) is 9.16. The number of benzene rings is 2. The van der Waals surface area contributed by atoms with Gasteiger partial charge in [0.1, 0.15) is 23.9 Å². The molecule has 9 nitrogen and oxygen atoms in total. The number of carbonyl (C=O) groups is 2. The maximum atomic E-state index is 14.6. The van der Waals surface area contributed by atoms with Crippen LogP contribution in [0.1, 0.15) is 56.2 Å². The molecule has 0 fully saturated rings. The van der Waals surface area contributed by atoms with Gasteiger partial charge in [0.05, 0.1) is 24.7 Å². The van der Waals surface area contributed by atoms with Crippen molar-refractivity contribution in [2.45, 2.75) is 45.8 Å². The van der Waals surface area contributed by atoms with E-state index in [0.29, 0.717) is 17.9 Å². The molecule has 0 spiro atoms. The summed E-state index contributed by atoms with van der Waals surface area (Å²) in [5.41, 5.74) is -0.678. The van der Waals surface area contributed by atoms with Crippen LogP contribution in [-0.4, -0.2) is 50.7 Å². The Balaban J connectivity index is 1.92. The van der Waals surface area contributed by atoms with Crippen molar-refractivity contribution in [1.82, 2.24) is 15.1 Å². The highest BCUT2D eigenvalue weighted by Gasteiger charge is 2.28. The molecule has 0 bridgehead atoms. The van der Waals surface area contributed by atoms with E-state index in [-0.39, 0.29) is 36.2 Å². The number of carboxylic acids is 1. The summed E-state index contributed by atoms with van der Waals surface area (Å²) in [5.74, 6) is -1.82. The Hall–Kier alpha value is -3.92. The number of hydrogen-bond donors (Lipinski definition) is 3. The number of carbonyl (C=O) groups excluding carboxylic acids is 1. The standard InChI is InChI=1S/C27H32FN3O6/c1-5-36-19-12-10-18(11-13-19)21(15-25(32)33)29-26(34)22-14-24(37-16-27(4,35)17(2)3)31(30-22)23-9-7-6-8-20(23)28/h6-14,17,21,35H,5,15-16H2,1-4H3,(H,29,34)(H,32,33)/t21-,27?/m0/s1. The SMILES string of the molecule is CCOc1ccc([C@H](CC(=O)O)NC(=O)c2cc(OCC(C)(O)C(C)C)n(-c3ccccc3F)n2)cc1. The third-order valence-electron chi connectivity index (χ3n) is 6.02. The first-order valence-corrected chi connectivity index (χ1v) is 12.0. The zero-order chi connectivity index (χ0) is 27.2. The van der Waals surface area contributed by atoms with Crippen LogP contribution >= 0.6 is 0 Å². The molecule has 198 valence electrons. The molecule has 1 amide bonds. The molecule has 1 unspecified atom stereocenters. The molecule has 1 aromatic heterocycles. The van der Waals surface area contributed by atoms with Crippen molar-refractivity contribution in [1.29, 1.82) is 0 Å². The molecule has 3 rings (SSSR count). The fourth-order valence-electron chi connectivity index (χ4n) is 3.38. The number of amides is 1. The van der Waals surface area contributed by atoms with Crippen LogP contribution in [0.2, 0.25) is 0 Å². The summed E-state index contributed by atoms with van der Waals surface area (Å²) in [6.45, 7) is 7.49. The van der Waals surface area contributed by atoms with Gasteiger partial charge in [-0.1, -0.05) is 38.1 Å². The minimum absolute atomic E-state index is 0.0482. The number of ether oxygens (including phenoxy) is 2. The summed E-state index contributed by atoms with van der Waals surface area (Å²) in [7, 11) is 0. The minimum Gasteiger partial charge on any atom is -0.494 e. The summed E-state index contributed by atoms with van der Waals surface area (Å²) >= 11 is 0. The Morgan fingerprint density at radius 3 is 2.41 bits per heavy atom. The smallest absolute Gasteiger partial charge is 0.305 e. The Labute approximate surface area is 214 Å². The van der Waals surface area contributed by atoms with Crippen molar-refractivity contribution in [3.8, 4) is 17.3 Å². The van der Waals surface area contributed by atoms with Crippen LogP contribution in [0.4, 0.5) is 4.39 Å². The van der Waals surface area contributed by atoms with Gasteiger partial charge in [-0.05, 0) is 49.6 Å². The Morgan fingerprint density at radius 2 is 1.81 bits per heavy atom. The lowest BCUT2D eigenvalue weighted by molar-refractivity contribution is -0.137. The molecule has 3 N–H and O–H groups in total. The zero-order valence-electron chi connectivity index (χ0n) is 21.3. The Bertz CT molecular complexity index is 1220. The van der Waals surface area contributed by atoms with Crippen LogP contribution in [0.5, 0.6) is 11.6 Å². The first-order valence-electron chi connectivity index (χ1n) is 12.0. The summed E-state index contributed by atoms with van der Waals surface area (Å²) in [5, 5.41) is 26.9. The number of hydrogen-bond acceptors (Lipinski definition) is 6. The van der Waals surface area contributed by atoms with Gasteiger partial charge in [0, 0.05) is 6.07 Å². The number of nitrogens with zero attached hydrogens (tertiary/aromatic N) is 2. The van der Waals surface area contributed by atoms with E-state index in [1.165, 1.54) is 24.3 Å². The summed E-state index contributed by atoms with van der Waals surface area (Å²) in [4.78, 5) is 24.7. The fraction of sp³-hybridized carbons (Fsp3) is 0.370. The van der Waals surface area contributed by atoms with Crippen LogP contribution in [0, 0.1) is 11.7 Å². The second-order valence-corrected chi connectivity index (χ2v) is 9.16. The van der Waals surface area contributed by atoms with E-state index in [2.05, 4.69) is 10.4 Å². The predicted octanol–water partition coefficient (Wildman–Crippen LogP) is 4.14. The number of para-hydroxylation sites is 1. The van der Waals surface area contributed by atoms with Gasteiger partial charge in [-0.25, -0.2) is 4.39 Å². The van der Waals surface area contributed by atoms with E-state index in [0.717, 1.165) is 4.68 Å². The summed E-state index contributed by atoms with van der Waals surface area (Å²) < 4.78 is 26.9. The Kier molecular flexibility index (Phi) is 8.88. The van der Waals surface area contributed by atoms with Gasteiger partial charge in [-0.15, -0.1) is 0 Å². The molecule has 1 heterocycles. The van der Waals surface area contributed by atoms with Crippen molar-refractivity contribution in [2.24, 2.45) is 5.92 Å². The van der Waals surface area contributed by atoms with Crippen LogP contribution in [0.3, 0.4) is 0 Å². The van der Waals surface area contributed by atoms with Crippen molar-refractivity contribution >= 4 is 11.9 Å². The highest BCUT2D eigenvalue weighted by Crippen LogP contribution is 2.26. The van der Waals surface area contributed by atoms with Crippen molar-refractivity contribution < 1.29 is 33.7 Å². The number of rotatable bonds is 12. The van der Waals surface area contributed by atoms with Gasteiger partial charge in [0.2, 0.25) is 5.88 Å². The molecular formula is C27H32FN3O6. The monoisotopic (exact) mass is 513 g/mol. The van der Waals surface area contributed by atoms with Crippen molar-refractivity contribution in [3.05, 3.63) is 71.7 Å². The molecule has 0 radical (unpaired) electrons. The molecule has 37 heavy (non-hydrogen) atoms. The summed E-state index contributed by atoms with van der Waals surface area (Å²) in [6.07, 6.45) is -0.367. The van der Waals surface area contributed by atoms with Gasteiger partial charge in [0.15, 0.2) is 5.69 Å². The normalized spacial score (nSPS) is 13.6. The Morgan fingerprint density at radius 1 is 1.14 bits per heavy atom. The topological polar surface area (TPSA) is 123 Å². The number of aliphatic carboxylic acids is 1. The number of halogens is 1. The quantitative estimate of drug-likeness (QED) is 0.333. The third-order valence-corrected chi connectivity index (χ3v) is 6.02. The molecule has 2 atom stereocenters. The molecule has 3 aromatic rings.